The van der Waals surface area contributed by atoms with Gasteiger partial charge in [0.25, 0.3) is 11.8 Å². The van der Waals surface area contributed by atoms with E-state index < -0.39 is 0 Å². The number of ether oxygens (including phenoxy) is 1. The number of H-pyrrole nitrogens is 1. The molecule has 0 aliphatic heterocycles. The highest BCUT2D eigenvalue weighted by molar-refractivity contribution is 7.12. The molecule has 0 saturated heterocycles. The van der Waals surface area contributed by atoms with Crippen molar-refractivity contribution in [3.8, 4) is 17.1 Å². The average Bonchev–Trinajstić information content (AvgIpc) is 3.50. The Bertz CT molecular complexity index is 1190. The highest BCUT2D eigenvalue weighted by Crippen LogP contribution is 2.20. The van der Waals surface area contributed by atoms with E-state index in [1.54, 1.807) is 43.5 Å². The molecule has 0 radical (unpaired) electrons. The molecule has 4 aromatic rings. The van der Waals surface area contributed by atoms with Crippen LogP contribution < -0.4 is 15.4 Å². The Morgan fingerprint density at radius 1 is 1.03 bits per heavy atom. The van der Waals surface area contributed by atoms with Crippen LogP contribution in [0.3, 0.4) is 0 Å². The first-order valence-corrected chi connectivity index (χ1v) is 10.3. The van der Waals surface area contributed by atoms with Crippen molar-refractivity contribution in [1.82, 2.24) is 20.5 Å². The third kappa shape index (κ3) is 4.78. The maximum Gasteiger partial charge on any atom is 0.265 e. The van der Waals surface area contributed by atoms with Gasteiger partial charge in [0.05, 0.1) is 29.8 Å². The van der Waals surface area contributed by atoms with Crippen LogP contribution in [0.4, 0.5) is 5.69 Å². The van der Waals surface area contributed by atoms with Gasteiger partial charge in [-0.05, 0) is 47.8 Å². The smallest absolute Gasteiger partial charge is 0.265 e. The Morgan fingerprint density at radius 2 is 1.84 bits per heavy atom. The summed E-state index contributed by atoms with van der Waals surface area (Å²) in [5, 5.41) is 14.4. The molecule has 0 saturated carbocycles. The second-order valence-corrected chi connectivity index (χ2v) is 7.44. The summed E-state index contributed by atoms with van der Waals surface area (Å²) in [7, 11) is 1.61. The molecule has 0 spiro atoms. The lowest BCUT2D eigenvalue weighted by Crippen LogP contribution is -2.25. The number of anilines is 1. The van der Waals surface area contributed by atoms with Crippen LogP contribution in [-0.4, -0.2) is 34.1 Å². The number of carbonyl (C=O) groups excluding carboxylic acids is 2. The van der Waals surface area contributed by atoms with Crippen LogP contribution >= 0.6 is 11.3 Å². The highest BCUT2D eigenvalue weighted by Gasteiger charge is 2.15. The van der Waals surface area contributed by atoms with Gasteiger partial charge < -0.3 is 15.4 Å². The quantitative estimate of drug-likeness (QED) is 0.412. The molecule has 2 amide bonds. The molecule has 156 valence electrons. The number of rotatable bonds is 7. The summed E-state index contributed by atoms with van der Waals surface area (Å²) in [5.41, 5.74) is 1.63. The van der Waals surface area contributed by atoms with E-state index in [-0.39, 0.29) is 18.4 Å². The topological polar surface area (TPSA) is 109 Å². The van der Waals surface area contributed by atoms with Crippen LogP contribution in [-0.2, 0) is 6.54 Å². The Balaban J connectivity index is 1.41. The second kappa shape index (κ2) is 9.23. The number of methoxy groups -OCH3 is 1. The van der Waals surface area contributed by atoms with Crippen molar-refractivity contribution in [2.24, 2.45) is 0 Å². The number of aromatic nitrogens is 3. The summed E-state index contributed by atoms with van der Waals surface area (Å²) in [5.74, 6) is 1.20. The first kappa shape index (κ1) is 20.3. The summed E-state index contributed by atoms with van der Waals surface area (Å²) in [6.45, 7) is 0.162. The van der Waals surface area contributed by atoms with E-state index in [0.29, 0.717) is 27.8 Å². The molecular formula is C22H19N5O3S. The molecule has 8 nitrogen and oxygen atoms in total. The van der Waals surface area contributed by atoms with Crippen molar-refractivity contribution in [1.29, 1.82) is 0 Å². The van der Waals surface area contributed by atoms with E-state index in [1.807, 2.05) is 29.6 Å². The number of benzene rings is 2. The Kier molecular flexibility index (Phi) is 6.04. The summed E-state index contributed by atoms with van der Waals surface area (Å²) in [6, 6.07) is 17.8. The SMILES string of the molecule is COc1ccc(-c2n[nH]c(CNC(=O)c3ccccc3NC(=O)c3cccs3)n2)cc1. The molecule has 0 aliphatic carbocycles. The first-order chi connectivity index (χ1) is 15.1. The molecule has 0 aliphatic rings. The molecule has 2 heterocycles. The molecule has 2 aromatic carbocycles. The van der Waals surface area contributed by atoms with Crippen molar-refractivity contribution >= 4 is 28.8 Å². The van der Waals surface area contributed by atoms with Crippen molar-refractivity contribution in [3.05, 3.63) is 82.3 Å². The zero-order valence-corrected chi connectivity index (χ0v) is 17.4. The summed E-state index contributed by atoms with van der Waals surface area (Å²) in [4.78, 5) is 30.0. The minimum Gasteiger partial charge on any atom is -0.497 e. The van der Waals surface area contributed by atoms with Gasteiger partial charge in [-0.3, -0.25) is 14.7 Å². The Morgan fingerprint density at radius 3 is 2.58 bits per heavy atom. The fourth-order valence-corrected chi connectivity index (χ4v) is 3.50. The van der Waals surface area contributed by atoms with Crippen LogP contribution in [0.25, 0.3) is 11.4 Å². The molecule has 9 heteroatoms. The number of aromatic amines is 1. The number of para-hydroxylation sites is 1. The summed E-state index contributed by atoms with van der Waals surface area (Å²) >= 11 is 1.34. The maximum atomic E-state index is 12.7. The zero-order chi connectivity index (χ0) is 21.6. The molecule has 3 N–H and O–H groups in total. The fraction of sp³-hybridized carbons (Fsp3) is 0.0909. The first-order valence-electron chi connectivity index (χ1n) is 9.42. The lowest BCUT2D eigenvalue weighted by molar-refractivity contribution is 0.0951. The van der Waals surface area contributed by atoms with Gasteiger partial charge in [0.1, 0.15) is 11.6 Å². The standard InChI is InChI=1S/C22H19N5O3S/c1-30-15-10-8-14(9-11-15)20-25-19(26-27-20)13-23-21(28)16-5-2-3-6-17(16)24-22(29)18-7-4-12-31-18/h2-12H,13H2,1H3,(H,23,28)(H,24,29)(H,25,26,27). The van der Waals surface area contributed by atoms with Gasteiger partial charge in [0, 0.05) is 5.56 Å². The molecule has 0 bridgehead atoms. The monoisotopic (exact) mass is 433 g/mol. The number of hydrogen-bond acceptors (Lipinski definition) is 6. The van der Waals surface area contributed by atoms with Crippen molar-refractivity contribution in [2.75, 3.05) is 12.4 Å². The third-order valence-corrected chi connectivity index (χ3v) is 5.33. The summed E-state index contributed by atoms with van der Waals surface area (Å²) in [6.07, 6.45) is 0. The molecule has 0 atom stereocenters. The van der Waals surface area contributed by atoms with E-state index in [2.05, 4.69) is 25.8 Å². The lowest BCUT2D eigenvalue weighted by Gasteiger charge is -2.10. The molecule has 0 fully saturated rings. The minimum absolute atomic E-state index is 0.162. The van der Waals surface area contributed by atoms with Gasteiger partial charge >= 0.3 is 0 Å². The number of nitrogens with zero attached hydrogens (tertiary/aromatic N) is 2. The van der Waals surface area contributed by atoms with Crippen LogP contribution in [0.5, 0.6) is 5.75 Å². The van der Waals surface area contributed by atoms with Crippen LogP contribution in [0.1, 0.15) is 25.9 Å². The predicted octanol–water partition coefficient (Wildman–Crippen LogP) is 3.72. The maximum absolute atomic E-state index is 12.7. The van der Waals surface area contributed by atoms with Gasteiger partial charge in [-0.15, -0.1) is 11.3 Å². The van der Waals surface area contributed by atoms with Crippen LogP contribution in [0, 0.1) is 0 Å². The predicted molar refractivity (Wildman–Crippen MR) is 118 cm³/mol. The number of thiophene rings is 1. The normalized spacial score (nSPS) is 10.5. The fourth-order valence-electron chi connectivity index (χ4n) is 2.88. The van der Waals surface area contributed by atoms with Crippen molar-refractivity contribution < 1.29 is 14.3 Å². The number of nitrogens with one attached hydrogen (secondary N) is 3. The molecule has 0 unspecified atom stereocenters. The van der Waals surface area contributed by atoms with Crippen LogP contribution in [0.2, 0.25) is 0 Å². The van der Waals surface area contributed by atoms with Gasteiger partial charge in [-0.2, -0.15) is 5.10 Å². The van der Waals surface area contributed by atoms with Gasteiger partial charge in [-0.1, -0.05) is 18.2 Å². The third-order valence-electron chi connectivity index (χ3n) is 4.46. The second-order valence-electron chi connectivity index (χ2n) is 6.49. The van der Waals surface area contributed by atoms with Gasteiger partial charge in [-0.25, -0.2) is 4.98 Å². The molecule has 2 aromatic heterocycles. The number of hydrogen-bond donors (Lipinski definition) is 3. The van der Waals surface area contributed by atoms with Crippen LogP contribution in [0.15, 0.2) is 66.0 Å². The lowest BCUT2D eigenvalue weighted by atomic mass is 10.1. The molecular weight excluding hydrogens is 414 g/mol. The highest BCUT2D eigenvalue weighted by atomic mass is 32.1. The van der Waals surface area contributed by atoms with E-state index in [0.717, 1.165) is 11.3 Å². The van der Waals surface area contributed by atoms with Crippen molar-refractivity contribution in [3.63, 3.8) is 0 Å². The average molecular weight is 433 g/mol. The number of amides is 2. The molecule has 4 rings (SSSR count). The van der Waals surface area contributed by atoms with E-state index in [1.165, 1.54) is 11.3 Å². The van der Waals surface area contributed by atoms with E-state index >= 15 is 0 Å². The van der Waals surface area contributed by atoms with E-state index in [9.17, 15) is 9.59 Å². The molecule has 31 heavy (non-hydrogen) atoms. The minimum atomic E-state index is -0.329. The number of carbonyl (C=O) groups is 2. The van der Waals surface area contributed by atoms with Gasteiger partial charge in [0.2, 0.25) is 0 Å². The van der Waals surface area contributed by atoms with Gasteiger partial charge in [0.15, 0.2) is 5.82 Å². The largest absolute Gasteiger partial charge is 0.497 e. The summed E-state index contributed by atoms with van der Waals surface area (Å²) < 4.78 is 5.15. The Labute approximate surface area is 182 Å². The van der Waals surface area contributed by atoms with Crippen molar-refractivity contribution in [2.45, 2.75) is 6.54 Å². The Hall–Kier alpha value is -3.98. The van der Waals surface area contributed by atoms with E-state index in [4.69, 9.17) is 4.74 Å². The zero-order valence-electron chi connectivity index (χ0n) is 16.6.